The Balaban J connectivity index is 3.22. The van der Waals surface area contributed by atoms with Crippen molar-refractivity contribution in [1.29, 1.82) is 0 Å². The molecule has 0 rings (SSSR count). The van der Waals surface area contributed by atoms with Crippen LogP contribution in [0.25, 0.3) is 0 Å². The highest BCUT2D eigenvalue weighted by Gasteiger charge is 2.11. The standard InChI is InChI=1S/C7H16S3Si/c1-11(2,3)6-4-5-10-7(8)9/h4-6H2,1-3H3,(H,8,9). The van der Waals surface area contributed by atoms with Crippen LogP contribution in [0, 0.1) is 0 Å². The molecular weight excluding hydrogens is 208 g/mol. The highest BCUT2D eigenvalue weighted by molar-refractivity contribution is 8.41. The van der Waals surface area contributed by atoms with Crippen LogP contribution < -0.4 is 0 Å². The molecule has 0 aromatic heterocycles. The molecule has 0 aliphatic carbocycles. The third-order valence-electron chi connectivity index (χ3n) is 1.30. The lowest BCUT2D eigenvalue weighted by molar-refractivity contribution is 1.07. The van der Waals surface area contributed by atoms with Crippen LogP contribution in [0.2, 0.25) is 25.7 Å². The molecule has 0 radical (unpaired) electrons. The molecular formula is C7H16S3Si. The summed E-state index contributed by atoms with van der Waals surface area (Å²) in [4.78, 5) is 0. The molecule has 0 bridgehead atoms. The molecule has 0 aliphatic rings. The van der Waals surface area contributed by atoms with Gasteiger partial charge in [0.05, 0.1) is 0 Å². The molecule has 66 valence electrons. The Morgan fingerprint density at radius 2 is 2.00 bits per heavy atom. The quantitative estimate of drug-likeness (QED) is 0.335. The zero-order valence-corrected chi connectivity index (χ0v) is 10.9. The van der Waals surface area contributed by atoms with E-state index in [2.05, 4.69) is 32.3 Å². The highest BCUT2D eigenvalue weighted by Crippen LogP contribution is 2.16. The molecule has 11 heavy (non-hydrogen) atoms. The summed E-state index contributed by atoms with van der Waals surface area (Å²) in [5.74, 6) is 1.15. The van der Waals surface area contributed by atoms with Crippen molar-refractivity contribution in [3.8, 4) is 0 Å². The maximum absolute atomic E-state index is 4.84. The smallest absolute Gasteiger partial charge is 0.101 e. The van der Waals surface area contributed by atoms with E-state index in [9.17, 15) is 0 Å². The number of thioether (sulfide) groups is 1. The Kier molecular flexibility index (Phi) is 6.13. The second-order valence-electron chi connectivity index (χ2n) is 3.78. The SMILES string of the molecule is C[Si](C)(C)CCCSC(=S)S. The van der Waals surface area contributed by atoms with Crippen LogP contribution >= 0.6 is 36.6 Å². The van der Waals surface area contributed by atoms with Crippen LogP contribution in [0.1, 0.15) is 6.42 Å². The van der Waals surface area contributed by atoms with E-state index in [0.29, 0.717) is 0 Å². The van der Waals surface area contributed by atoms with Gasteiger partial charge in [0, 0.05) is 8.07 Å². The maximum atomic E-state index is 4.84. The molecule has 0 aliphatic heterocycles. The van der Waals surface area contributed by atoms with Crippen molar-refractivity contribution < 1.29 is 0 Å². The van der Waals surface area contributed by atoms with Gasteiger partial charge in [-0.05, 0) is 12.2 Å². The van der Waals surface area contributed by atoms with Gasteiger partial charge in [0.15, 0.2) is 0 Å². The van der Waals surface area contributed by atoms with Crippen molar-refractivity contribution in [3.63, 3.8) is 0 Å². The Morgan fingerprint density at radius 3 is 2.36 bits per heavy atom. The van der Waals surface area contributed by atoms with Gasteiger partial charge in [-0.1, -0.05) is 37.9 Å². The predicted octanol–water partition coefficient (Wildman–Crippen LogP) is 3.66. The average Bonchev–Trinajstić information content (AvgIpc) is 1.78. The van der Waals surface area contributed by atoms with Gasteiger partial charge in [0.1, 0.15) is 3.53 Å². The van der Waals surface area contributed by atoms with Crippen LogP contribution in [0.3, 0.4) is 0 Å². The number of hydrogen-bond acceptors (Lipinski definition) is 2. The van der Waals surface area contributed by atoms with E-state index in [-0.39, 0.29) is 0 Å². The summed E-state index contributed by atoms with van der Waals surface area (Å²) in [6.07, 6.45) is 1.29. The van der Waals surface area contributed by atoms with Gasteiger partial charge in [0.25, 0.3) is 0 Å². The van der Waals surface area contributed by atoms with Crippen LogP contribution in [-0.2, 0) is 0 Å². The fraction of sp³-hybridized carbons (Fsp3) is 0.857. The van der Waals surface area contributed by atoms with Crippen LogP contribution in [-0.4, -0.2) is 17.4 Å². The molecule has 4 heteroatoms. The van der Waals surface area contributed by atoms with Gasteiger partial charge in [0.2, 0.25) is 0 Å². The zero-order valence-electron chi connectivity index (χ0n) is 7.39. The number of thiocarbonyl (C=S) groups is 1. The Hall–Kier alpha value is 1.01. The first-order valence-corrected chi connectivity index (χ1v) is 9.32. The van der Waals surface area contributed by atoms with Gasteiger partial charge in [-0.3, -0.25) is 0 Å². The highest BCUT2D eigenvalue weighted by atomic mass is 32.2. The fourth-order valence-electron chi connectivity index (χ4n) is 0.762. The van der Waals surface area contributed by atoms with Crippen LogP contribution in [0.15, 0.2) is 0 Å². The summed E-state index contributed by atoms with van der Waals surface area (Å²) in [5.41, 5.74) is 0. The summed E-state index contributed by atoms with van der Waals surface area (Å²) in [7, 11) is -0.811. The largest absolute Gasteiger partial charge is 0.125 e. The van der Waals surface area contributed by atoms with Crippen molar-refractivity contribution >= 4 is 48.2 Å². The first kappa shape index (κ1) is 12.0. The lowest BCUT2D eigenvalue weighted by Gasteiger charge is -2.14. The van der Waals surface area contributed by atoms with Crippen molar-refractivity contribution in [1.82, 2.24) is 0 Å². The van der Waals surface area contributed by atoms with E-state index in [1.807, 2.05) is 0 Å². The van der Waals surface area contributed by atoms with Crippen molar-refractivity contribution in [3.05, 3.63) is 0 Å². The normalized spacial score (nSPS) is 11.6. The van der Waals surface area contributed by atoms with E-state index in [0.717, 1.165) is 9.28 Å². The molecule has 0 spiro atoms. The predicted molar refractivity (Wildman–Crippen MR) is 66.8 cm³/mol. The van der Waals surface area contributed by atoms with Gasteiger partial charge in [-0.15, -0.1) is 24.4 Å². The van der Waals surface area contributed by atoms with Crippen molar-refractivity contribution in [2.24, 2.45) is 0 Å². The van der Waals surface area contributed by atoms with E-state index in [1.54, 1.807) is 11.8 Å². The summed E-state index contributed by atoms with van der Waals surface area (Å²) in [5, 5.41) is 0. The molecule has 0 fully saturated rings. The minimum atomic E-state index is -0.811. The summed E-state index contributed by atoms with van der Waals surface area (Å²) < 4.78 is 0.778. The Morgan fingerprint density at radius 1 is 1.45 bits per heavy atom. The fourth-order valence-corrected chi connectivity index (χ4v) is 3.24. The first-order valence-electron chi connectivity index (χ1n) is 3.77. The molecule has 0 saturated heterocycles. The third kappa shape index (κ3) is 11.0. The molecule has 0 amide bonds. The number of hydrogen-bond donors (Lipinski definition) is 1. The van der Waals surface area contributed by atoms with Crippen molar-refractivity contribution in [2.45, 2.75) is 32.1 Å². The maximum Gasteiger partial charge on any atom is 0.101 e. The number of thiol groups is 1. The summed E-state index contributed by atoms with van der Waals surface area (Å²) in [6.45, 7) is 7.20. The number of rotatable bonds is 4. The lowest BCUT2D eigenvalue weighted by atomic mass is 10.6. The molecule has 0 saturated carbocycles. The zero-order chi connectivity index (χ0) is 8.91. The average molecular weight is 224 g/mol. The molecule has 0 aromatic rings. The lowest BCUT2D eigenvalue weighted by Crippen LogP contribution is -2.18. The first-order chi connectivity index (χ1) is 4.92. The molecule has 0 atom stereocenters. The Labute approximate surface area is 85.9 Å². The second kappa shape index (κ2) is 5.62. The van der Waals surface area contributed by atoms with Gasteiger partial charge in [-0.25, -0.2) is 0 Å². The molecule has 0 nitrogen and oxygen atoms in total. The Bertz CT molecular complexity index is 128. The summed E-state index contributed by atoms with van der Waals surface area (Å²) in [6, 6.07) is 1.40. The summed E-state index contributed by atoms with van der Waals surface area (Å²) >= 11 is 10.6. The molecule has 0 heterocycles. The molecule has 0 unspecified atom stereocenters. The minimum absolute atomic E-state index is 0.778. The third-order valence-corrected chi connectivity index (χ3v) is 4.63. The van der Waals surface area contributed by atoms with E-state index >= 15 is 0 Å². The van der Waals surface area contributed by atoms with Crippen molar-refractivity contribution in [2.75, 3.05) is 5.75 Å². The minimum Gasteiger partial charge on any atom is -0.125 e. The molecule has 0 N–H and O–H groups in total. The van der Waals surface area contributed by atoms with Gasteiger partial charge < -0.3 is 0 Å². The topological polar surface area (TPSA) is 0 Å². The van der Waals surface area contributed by atoms with Gasteiger partial charge >= 0.3 is 0 Å². The van der Waals surface area contributed by atoms with Crippen LogP contribution in [0.5, 0.6) is 0 Å². The van der Waals surface area contributed by atoms with Crippen LogP contribution in [0.4, 0.5) is 0 Å². The second-order valence-corrected chi connectivity index (χ2v) is 12.2. The monoisotopic (exact) mass is 224 g/mol. The van der Waals surface area contributed by atoms with E-state index < -0.39 is 8.07 Å². The van der Waals surface area contributed by atoms with Gasteiger partial charge in [-0.2, -0.15) is 0 Å². The molecule has 0 aromatic carbocycles. The van der Waals surface area contributed by atoms with E-state index in [1.165, 1.54) is 12.5 Å². The van der Waals surface area contributed by atoms with E-state index in [4.69, 9.17) is 12.2 Å².